The van der Waals surface area contributed by atoms with Crippen LogP contribution in [0.1, 0.15) is 11.1 Å². The van der Waals surface area contributed by atoms with Crippen LogP contribution in [-0.4, -0.2) is 6.72 Å². The van der Waals surface area contributed by atoms with Gasteiger partial charge in [-0.1, -0.05) is 24.3 Å². The lowest BCUT2D eigenvalue weighted by atomic mass is 10.00. The van der Waals surface area contributed by atoms with Crippen LogP contribution in [0.15, 0.2) is 35.3 Å². The lowest BCUT2D eigenvalue weighted by Gasteiger charge is -2.07. The third-order valence-electron chi connectivity index (χ3n) is 2.60. The number of benzene rings is 2. The minimum atomic E-state index is 0.967. The third-order valence-corrected chi connectivity index (χ3v) is 2.60. The molecule has 14 heavy (non-hydrogen) atoms. The van der Waals surface area contributed by atoms with Crippen molar-refractivity contribution in [2.24, 2.45) is 4.99 Å². The summed E-state index contributed by atoms with van der Waals surface area (Å²) in [5.74, 6) is 0. The highest BCUT2D eigenvalue weighted by Gasteiger charge is 2.03. The van der Waals surface area contributed by atoms with Gasteiger partial charge in [-0.25, -0.2) is 0 Å². The molecule has 2 rings (SSSR count). The van der Waals surface area contributed by atoms with Crippen LogP contribution in [0.25, 0.3) is 10.8 Å². The van der Waals surface area contributed by atoms with Crippen LogP contribution in [0.5, 0.6) is 0 Å². The van der Waals surface area contributed by atoms with Crippen molar-refractivity contribution in [3.8, 4) is 0 Å². The molecule has 0 aromatic heterocycles. The average molecular weight is 183 g/mol. The fourth-order valence-electron chi connectivity index (χ4n) is 1.92. The molecule has 70 valence electrons. The van der Waals surface area contributed by atoms with E-state index in [1.54, 1.807) is 0 Å². The summed E-state index contributed by atoms with van der Waals surface area (Å²) < 4.78 is 0. The Morgan fingerprint density at radius 2 is 1.71 bits per heavy atom. The number of fused-ring (bicyclic) bond motifs is 1. The van der Waals surface area contributed by atoms with Crippen LogP contribution in [0.2, 0.25) is 0 Å². The number of hydrogen-bond donors (Lipinski definition) is 0. The summed E-state index contributed by atoms with van der Waals surface area (Å²) in [6.07, 6.45) is 0. The summed E-state index contributed by atoms with van der Waals surface area (Å²) in [5, 5.41) is 2.50. The predicted molar refractivity (Wildman–Crippen MR) is 62.6 cm³/mol. The van der Waals surface area contributed by atoms with Crippen LogP contribution in [0.3, 0.4) is 0 Å². The van der Waals surface area contributed by atoms with Gasteiger partial charge in [0.05, 0.1) is 5.69 Å². The van der Waals surface area contributed by atoms with E-state index in [1.165, 1.54) is 21.9 Å². The lowest BCUT2D eigenvalue weighted by Crippen LogP contribution is -1.82. The Morgan fingerprint density at radius 1 is 1.00 bits per heavy atom. The van der Waals surface area contributed by atoms with Gasteiger partial charge in [0, 0.05) is 5.39 Å². The zero-order chi connectivity index (χ0) is 10.1. The summed E-state index contributed by atoms with van der Waals surface area (Å²) in [5.41, 5.74) is 3.56. The molecule has 0 spiro atoms. The molecule has 0 aliphatic rings. The van der Waals surface area contributed by atoms with E-state index < -0.39 is 0 Å². The van der Waals surface area contributed by atoms with E-state index in [4.69, 9.17) is 0 Å². The number of hydrogen-bond acceptors (Lipinski definition) is 1. The highest BCUT2D eigenvalue weighted by molar-refractivity contribution is 5.97. The highest BCUT2D eigenvalue weighted by Crippen LogP contribution is 2.30. The van der Waals surface area contributed by atoms with E-state index in [0.717, 1.165) is 5.69 Å². The second-order valence-corrected chi connectivity index (χ2v) is 3.56. The first-order valence-corrected chi connectivity index (χ1v) is 4.69. The molecule has 2 aromatic carbocycles. The zero-order valence-electron chi connectivity index (χ0n) is 8.54. The van der Waals surface area contributed by atoms with E-state index in [2.05, 4.69) is 49.8 Å². The Hall–Kier alpha value is -1.63. The summed E-state index contributed by atoms with van der Waals surface area (Å²) in [6, 6.07) is 10.4. The molecule has 1 nitrogen and oxygen atoms in total. The zero-order valence-corrected chi connectivity index (χ0v) is 8.54. The monoisotopic (exact) mass is 183 g/mol. The first-order chi connectivity index (χ1) is 6.74. The van der Waals surface area contributed by atoms with Gasteiger partial charge in [-0.2, -0.15) is 0 Å². The molecule has 0 saturated heterocycles. The van der Waals surface area contributed by atoms with Crippen LogP contribution in [-0.2, 0) is 0 Å². The minimum Gasteiger partial charge on any atom is -0.264 e. The summed E-state index contributed by atoms with van der Waals surface area (Å²) >= 11 is 0. The molecule has 0 bridgehead atoms. The van der Waals surface area contributed by atoms with Crippen LogP contribution >= 0.6 is 0 Å². The fraction of sp³-hybridized carbons (Fsp3) is 0.154. The van der Waals surface area contributed by atoms with Gasteiger partial charge < -0.3 is 0 Å². The molecule has 0 fully saturated rings. The second-order valence-electron chi connectivity index (χ2n) is 3.56. The minimum absolute atomic E-state index is 0.967. The number of nitrogens with zero attached hydrogens (tertiary/aromatic N) is 1. The van der Waals surface area contributed by atoms with E-state index in [0.29, 0.717) is 0 Å². The van der Waals surface area contributed by atoms with Crippen molar-refractivity contribution in [2.75, 3.05) is 0 Å². The summed E-state index contributed by atoms with van der Waals surface area (Å²) in [6.45, 7) is 7.84. The molecule has 0 saturated carbocycles. The third kappa shape index (κ3) is 1.22. The van der Waals surface area contributed by atoms with Crippen molar-refractivity contribution in [3.05, 3.63) is 41.5 Å². The standard InChI is InChI=1S/C13H13N/c1-9-5-4-6-11-12(14-3)8-7-10(2)13(9)11/h4-8H,3H2,1-2H3. The van der Waals surface area contributed by atoms with Gasteiger partial charge in [0.1, 0.15) is 0 Å². The van der Waals surface area contributed by atoms with Crippen molar-refractivity contribution in [2.45, 2.75) is 13.8 Å². The molecule has 0 atom stereocenters. The van der Waals surface area contributed by atoms with Crippen LogP contribution in [0.4, 0.5) is 5.69 Å². The lowest BCUT2D eigenvalue weighted by molar-refractivity contribution is 1.45. The van der Waals surface area contributed by atoms with Gasteiger partial charge in [-0.3, -0.25) is 4.99 Å². The van der Waals surface area contributed by atoms with Gasteiger partial charge in [0.2, 0.25) is 0 Å². The van der Waals surface area contributed by atoms with E-state index in [1.807, 2.05) is 6.07 Å². The number of aliphatic imine (C=N–C) groups is 1. The van der Waals surface area contributed by atoms with Crippen molar-refractivity contribution in [3.63, 3.8) is 0 Å². The molecule has 0 aliphatic carbocycles. The quantitative estimate of drug-likeness (QED) is 0.596. The highest BCUT2D eigenvalue weighted by atomic mass is 14.7. The average Bonchev–Trinajstić information content (AvgIpc) is 2.18. The van der Waals surface area contributed by atoms with Crippen molar-refractivity contribution in [1.82, 2.24) is 0 Å². The van der Waals surface area contributed by atoms with Crippen molar-refractivity contribution in [1.29, 1.82) is 0 Å². The largest absolute Gasteiger partial charge is 0.264 e. The van der Waals surface area contributed by atoms with Gasteiger partial charge in [0.25, 0.3) is 0 Å². The molecule has 0 heterocycles. The van der Waals surface area contributed by atoms with E-state index in [9.17, 15) is 0 Å². The molecule has 0 N–H and O–H groups in total. The summed E-state index contributed by atoms with van der Waals surface area (Å²) in [4.78, 5) is 4.03. The molecule has 0 aliphatic heterocycles. The van der Waals surface area contributed by atoms with Crippen molar-refractivity contribution < 1.29 is 0 Å². The molecule has 0 radical (unpaired) electrons. The molecule has 0 unspecified atom stereocenters. The first kappa shape index (κ1) is 8.95. The van der Waals surface area contributed by atoms with Gasteiger partial charge >= 0.3 is 0 Å². The molecule has 2 aromatic rings. The Bertz CT molecular complexity index is 490. The van der Waals surface area contributed by atoms with Gasteiger partial charge in [-0.15, -0.1) is 0 Å². The van der Waals surface area contributed by atoms with Crippen molar-refractivity contribution >= 4 is 23.2 Å². The Kier molecular flexibility index (Phi) is 2.08. The second kappa shape index (κ2) is 3.26. The topological polar surface area (TPSA) is 12.4 Å². The smallest absolute Gasteiger partial charge is 0.0701 e. The SMILES string of the molecule is C=Nc1ccc(C)c2c(C)cccc12. The summed E-state index contributed by atoms with van der Waals surface area (Å²) in [7, 11) is 0. The number of rotatable bonds is 1. The van der Waals surface area contributed by atoms with E-state index in [-0.39, 0.29) is 0 Å². The Balaban J connectivity index is 2.98. The maximum atomic E-state index is 4.03. The Labute approximate surface area is 84.1 Å². The fourth-order valence-corrected chi connectivity index (χ4v) is 1.92. The normalized spacial score (nSPS) is 10.4. The molecular weight excluding hydrogens is 170 g/mol. The maximum absolute atomic E-state index is 4.03. The van der Waals surface area contributed by atoms with Crippen LogP contribution in [0, 0.1) is 13.8 Å². The van der Waals surface area contributed by atoms with Gasteiger partial charge in [-0.05, 0) is 43.1 Å². The maximum Gasteiger partial charge on any atom is 0.0701 e. The predicted octanol–water partition coefficient (Wildman–Crippen LogP) is 3.79. The molecule has 0 amide bonds. The van der Waals surface area contributed by atoms with Crippen LogP contribution < -0.4 is 0 Å². The number of aryl methyl sites for hydroxylation is 2. The van der Waals surface area contributed by atoms with Gasteiger partial charge in [0.15, 0.2) is 0 Å². The first-order valence-electron chi connectivity index (χ1n) is 4.69. The molecular formula is C13H13N. The molecule has 1 heteroatoms. The Morgan fingerprint density at radius 3 is 2.43 bits per heavy atom. The van der Waals surface area contributed by atoms with E-state index >= 15 is 0 Å².